The van der Waals surface area contributed by atoms with Gasteiger partial charge in [0.25, 0.3) is 0 Å². The Hall–Kier alpha value is -2.50. The Morgan fingerprint density at radius 1 is 1.29 bits per heavy atom. The van der Waals surface area contributed by atoms with Crippen molar-refractivity contribution in [1.29, 1.82) is 0 Å². The van der Waals surface area contributed by atoms with Crippen LogP contribution in [0.1, 0.15) is 47.0 Å². The van der Waals surface area contributed by atoms with Crippen molar-refractivity contribution in [1.82, 2.24) is 0 Å². The highest BCUT2D eigenvalue weighted by atomic mass is 16.6. The average molecular weight is 386 g/mol. The molecule has 2 aliphatic carbocycles. The van der Waals surface area contributed by atoms with Crippen LogP contribution >= 0.6 is 0 Å². The van der Waals surface area contributed by atoms with Gasteiger partial charge < -0.3 is 9.47 Å². The van der Waals surface area contributed by atoms with E-state index < -0.39 is 35.3 Å². The number of Topliss-reactive ketones (excluding diaryl/α,β-unsaturated/α-hetero) is 1. The fourth-order valence-electron chi connectivity index (χ4n) is 4.18. The van der Waals surface area contributed by atoms with Crippen LogP contribution in [0.3, 0.4) is 0 Å². The number of allylic oxidation sites excluding steroid dienone is 1. The van der Waals surface area contributed by atoms with Gasteiger partial charge in [-0.3, -0.25) is 14.4 Å². The molecule has 0 amide bonds. The van der Waals surface area contributed by atoms with Gasteiger partial charge in [-0.25, -0.2) is 4.79 Å². The molecule has 5 atom stereocenters. The quantitative estimate of drug-likeness (QED) is 0.536. The van der Waals surface area contributed by atoms with E-state index in [9.17, 15) is 19.2 Å². The number of ether oxygens (including phenoxy) is 2. The Bertz CT molecular complexity index is 832. The molecule has 0 aromatic heterocycles. The van der Waals surface area contributed by atoms with E-state index in [4.69, 9.17) is 9.47 Å². The Labute approximate surface area is 164 Å². The van der Waals surface area contributed by atoms with Gasteiger partial charge in [0.1, 0.15) is 6.10 Å². The van der Waals surface area contributed by atoms with Crippen molar-refractivity contribution >= 4 is 23.5 Å². The summed E-state index contributed by atoms with van der Waals surface area (Å²) >= 11 is 0. The fraction of sp³-hybridized carbons (Fsp3) is 0.545. The molecular formula is C22H26O6. The Balaban J connectivity index is 2.02. The lowest BCUT2D eigenvalue weighted by atomic mass is 9.85. The third-order valence-electron chi connectivity index (χ3n) is 6.14. The Kier molecular flexibility index (Phi) is 5.17. The number of esters is 2. The van der Waals surface area contributed by atoms with E-state index in [-0.39, 0.29) is 23.2 Å². The molecule has 0 radical (unpaired) electrons. The maximum Gasteiger partial charge on any atom is 0.334 e. The molecule has 1 aliphatic heterocycles. The van der Waals surface area contributed by atoms with Gasteiger partial charge in [0.15, 0.2) is 17.7 Å². The molecule has 0 saturated heterocycles. The van der Waals surface area contributed by atoms with Crippen LogP contribution in [0.4, 0.5) is 0 Å². The molecule has 2 bridgehead atoms. The zero-order valence-electron chi connectivity index (χ0n) is 16.7. The summed E-state index contributed by atoms with van der Waals surface area (Å²) in [5, 5.41) is 0. The Morgan fingerprint density at radius 3 is 2.57 bits per heavy atom. The Morgan fingerprint density at radius 2 is 1.96 bits per heavy atom. The number of ketones is 2. The van der Waals surface area contributed by atoms with Gasteiger partial charge >= 0.3 is 11.9 Å². The molecule has 0 N–H and O–H groups in total. The fourth-order valence-corrected chi connectivity index (χ4v) is 4.18. The lowest BCUT2D eigenvalue weighted by Gasteiger charge is -2.26. The second kappa shape index (κ2) is 7.15. The molecular weight excluding hydrogens is 360 g/mol. The van der Waals surface area contributed by atoms with Crippen molar-refractivity contribution < 1.29 is 28.7 Å². The first kappa shape index (κ1) is 20.2. The minimum Gasteiger partial charge on any atom is -0.454 e. The van der Waals surface area contributed by atoms with Gasteiger partial charge in [-0.05, 0) is 50.8 Å². The van der Waals surface area contributed by atoms with Crippen molar-refractivity contribution in [3.63, 3.8) is 0 Å². The molecule has 0 spiro atoms. The van der Waals surface area contributed by atoms with Crippen LogP contribution in [0.25, 0.3) is 0 Å². The predicted molar refractivity (Wildman–Crippen MR) is 101 cm³/mol. The number of fused-ring (bicyclic) bond motifs is 3. The molecule has 3 rings (SSSR count). The van der Waals surface area contributed by atoms with Crippen molar-refractivity contribution in [2.75, 3.05) is 0 Å². The second-order valence-corrected chi connectivity index (χ2v) is 8.40. The van der Waals surface area contributed by atoms with Crippen molar-refractivity contribution in [2.45, 2.75) is 59.2 Å². The topological polar surface area (TPSA) is 86.7 Å². The first-order valence-electron chi connectivity index (χ1n) is 9.55. The maximum absolute atomic E-state index is 13.0. The molecule has 28 heavy (non-hydrogen) atoms. The van der Waals surface area contributed by atoms with Gasteiger partial charge in [-0.2, -0.15) is 0 Å². The van der Waals surface area contributed by atoms with Crippen molar-refractivity contribution in [3.05, 3.63) is 35.5 Å². The van der Waals surface area contributed by atoms with E-state index in [1.54, 1.807) is 13.8 Å². The predicted octanol–water partition coefficient (Wildman–Crippen LogP) is 2.87. The SMILES string of the molecule is C=C(C)[C@@H]1CCC2=C[C@H](OC2=O)[C@@]2(C)C[C@@H]2C(=O)/C=C(/C)C(=O)[C@H]1OC(C)=O. The van der Waals surface area contributed by atoms with Crippen LogP contribution in [0, 0.1) is 17.3 Å². The standard InChI is InChI=1S/C22H26O6/c1-11(2)15-7-6-14-9-18(28-21(14)26)22(5)10-16(22)17(24)8-12(3)19(25)20(15)27-13(4)23/h8-9,15-16,18,20H,1,6-7,10H2,2-5H3/b12-8-/t15-,16+,18-,20-,22-/m0/s1. The lowest BCUT2D eigenvalue weighted by molar-refractivity contribution is -0.154. The number of carbonyl (C=O) groups excluding carboxylic acids is 4. The summed E-state index contributed by atoms with van der Waals surface area (Å²) in [5.41, 5.74) is 1.03. The monoisotopic (exact) mass is 386 g/mol. The normalized spacial score (nSPS) is 37.2. The second-order valence-electron chi connectivity index (χ2n) is 8.40. The van der Waals surface area contributed by atoms with E-state index in [0.717, 1.165) is 0 Å². The molecule has 0 unspecified atom stereocenters. The van der Waals surface area contributed by atoms with Gasteiger partial charge in [0.05, 0.1) is 0 Å². The third-order valence-corrected chi connectivity index (χ3v) is 6.14. The molecule has 1 heterocycles. The van der Waals surface area contributed by atoms with Gasteiger partial charge in [0.2, 0.25) is 0 Å². The van der Waals surface area contributed by atoms with Crippen LogP contribution in [0.5, 0.6) is 0 Å². The number of hydrogen-bond donors (Lipinski definition) is 0. The molecule has 6 nitrogen and oxygen atoms in total. The van der Waals surface area contributed by atoms with Gasteiger partial charge in [-0.15, -0.1) is 0 Å². The molecule has 0 aromatic carbocycles. The summed E-state index contributed by atoms with van der Waals surface area (Å²) in [6.07, 6.45) is 3.04. The molecule has 0 aromatic rings. The summed E-state index contributed by atoms with van der Waals surface area (Å²) in [7, 11) is 0. The van der Waals surface area contributed by atoms with E-state index in [1.165, 1.54) is 13.0 Å². The largest absolute Gasteiger partial charge is 0.454 e. The highest BCUT2D eigenvalue weighted by Gasteiger charge is 2.60. The van der Waals surface area contributed by atoms with Crippen LogP contribution in [0.2, 0.25) is 0 Å². The molecule has 1 saturated carbocycles. The maximum atomic E-state index is 13.0. The van der Waals surface area contributed by atoms with Crippen LogP contribution < -0.4 is 0 Å². The summed E-state index contributed by atoms with van der Waals surface area (Å²) in [6, 6.07) is 0. The minimum absolute atomic E-state index is 0.168. The van der Waals surface area contributed by atoms with Crippen LogP contribution in [0.15, 0.2) is 35.5 Å². The number of rotatable bonds is 2. The summed E-state index contributed by atoms with van der Waals surface area (Å²) < 4.78 is 10.9. The third kappa shape index (κ3) is 3.60. The van der Waals surface area contributed by atoms with Crippen molar-refractivity contribution in [3.8, 4) is 0 Å². The highest BCUT2D eigenvalue weighted by Crippen LogP contribution is 2.58. The average Bonchev–Trinajstić information content (AvgIpc) is 3.16. The van der Waals surface area contributed by atoms with E-state index in [0.29, 0.717) is 30.4 Å². The highest BCUT2D eigenvalue weighted by molar-refractivity contribution is 6.06. The molecule has 150 valence electrons. The minimum atomic E-state index is -1.07. The van der Waals surface area contributed by atoms with Crippen molar-refractivity contribution in [2.24, 2.45) is 17.3 Å². The lowest BCUT2D eigenvalue weighted by Crippen LogP contribution is -2.35. The van der Waals surface area contributed by atoms with E-state index in [2.05, 4.69) is 6.58 Å². The number of hydrogen-bond acceptors (Lipinski definition) is 6. The molecule has 3 aliphatic rings. The van der Waals surface area contributed by atoms with Gasteiger partial charge in [-0.1, -0.05) is 19.1 Å². The zero-order chi connectivity index (χ0) is 20.8. The number of carbonyl (C=O) groups is 4. The first-order valence-corrected chi connectivity index (χ1v) is 9.55. The summed E-state index contributed by atoms with van der Waals surface area (Å²) in [5.74, 6) is -2.30. The molecule has 6 heteroatoms. The van der Waals surface area contributed by atoms with Crippen LogP contribution in [-0.2, 0) is 28.7 Å². The first-order chi connectivity index (χ1) is 13.0. The molecule has 1 fully saturated rings. The van der Waals surface area contributed by atoms with E-state index >= 15 is 0 Å². The zero-order valence-corrected chi connectivity index (χ0v) is 16.7. The summed E-state index contributed by atoms with van der Waals surface area (Å²) in [4.78, 5) is 49.7. The summed E-state index contributed by atoms with van der Waals surface area (Å²) in [6.45, 7) is 10.4. The van der Waals surface area contributed by atoms with Gasteiger partial charge in [0, 0.05) is 29.7 Å². The van der Waals surface area contributed by atoms with E-state index in [1.807, 2.05) is 13.0 Å². The smallest absolute Gasteiger partial charge is 0.334 e. The van der Waals surface area contributed by atoms with Crippen LogP contribution in [-0.4, -0.2) is 35.7 Å².